The molecule has 2 aromatic carbocycles. The van der Waals surface area contributed by atoms with Crippen molar-refractivity contribution in [3.05, 3.63) is 60.2 Å². The van der Waals surface area contributed by atoms with Gasteiger partial charge in [0.25, 0.3) is 5.91 Å². The third-order valence-corrected chi connectivity index (χ3v) is 8.41. The molecule has 2 aliphatic heterocycles. The van der Waals surface area contributed by atoms with Crippen LogP contribution < -0.4 is 5.32 Å². The van der Waals surface area contributed by atoms with E-state index in [9.17, 15) is 18.0 Å². The minimum absolute atomic E-state index is 0.0172. The second-order valence-corrected chi connectivity index (χ2v) is 10.7. The van der Waals surface area contributed by atoms with Crippen LogP contribution in [0.4, 0.5) is 5.69 Å². The summed E-state index contributed by atoms with van der Waals surface area (Å²) in [7, 11) is -3.53. The van der Waals surface area contributed by atoms with E-state index in [0.29, 0.717) is 44.6 Å². The van der Waals surface area contributed by atoms with Gasteiger partial charge in [0.1, 0.15) is 0 Å². The average Bonchev–Trinajstić information content (AvgIpc) is 3.15. The van der Waals surface area contributed by atoms with Gasteiger partial charge in [0.05, 0.1) is 4.90 Å². The molecular weight excluding hydrogens is 438 g/mol. The van der Waals surface area contributed by atoms with Gasteiger partial charge in [-0.2, -0.15) is 4.31 Å². The fourth-order valence-electron chi connectivity index (χ4n) is 4.49. The van der Waals surface area contributed by atoms with Crippen LogP contribution in [0.1, 0.15) is 48.9 Å². The summed E-state index contributed by atoms with van der Waals surface area (Å²) in [5, 5.41) is 2.94. The van der Waals surface area contributed by atoms with E-state index < -0.39 is 10.0 Å². The van der Waals surface area contributed by atoms with Gasteiger partial charge >= 0.3 is 0 Å². The first-order valence-electron chi connectivity index (χ1n) is 11.7. The highest BCUT2D eigenvalue weighted by atomic mass is 32.2. The van der Waals surface area contributed by atoms with Gasteiger partial charge in [0.2, 0.25) is 15.9 Å². The van der Waals surface area contributed by atoms with Gasteiger partial charge in [-0.3, -0.25) is 9.59 Å². The molecule has 0 atom stereocenters. The van der Waals surface area contributed by atoms with Crippen molar-refractivity contribution in [2.45, 2.75) is 43.4 Å². The van der Waals surface area contributed by atoms with Crippen LogP contribution in [0.2, 0.25) is 0 Å². The van der Waals surface area contributed by atoms with Crippen molar-refractivity contribution in [2.24, 2.45) is 5.92 Å². The van der Waals surface area contributed by atoms with E-state index in [1.807, 2.05) is 30.3 Å². The standard InChI is InChI=1S/C25H31N3O4S/c29-24(26-22-8-4-3-5-9-22)20-14-18-27(19-15-20)25(30)21-10-12-23(13-11-21)33(31,32)28-16-6-1-2-7-17-28/h3-5,8-13,20H,1-2,6-7,14-19H2,(H,26,29). The summed E-state index contributed by atoms with van der Waals surface area (Å²) >= 11 is 0. The largest absolute Gasteiger partial charge is 0.339 e. The number of nitrogens with zero attached hydrogens (tertiary/aromatic N) is 2. The Morgan fingerprint density at radius 3 is 2.00 bits per heavy atom. The third kappa shape index (κ3) is 5.62. The lowest BCUT2D eigenvalue weighted by atomic mass is 9.95. The number of amides is 2. The number of carbonyl (C=O) groups is 2. The number of rotatable bonds is 5. The lowest BCUT2D eigenvalue weighted by Crippen LogP contribution is -2.41. The first-order chi connectivity index (χ1) is 15.9. The van der Waals surface area contributed by atoms with Crippen LogP contribution in [0.15, 0.2) is 59.5 Å². The van der Waals surface area contributed by atoms with Crippen molar-refractivity contribution in [2.75, 3.05) is 31.5 Å². The Morgan fingerprint density at radius 2 is 1.39 bits per heavy atom. The molecule has 2 fully saturated rings. The number of carbonyl (C=O) groups excluding carboxylic acids is 2. The maximum Gasteiger partial charge on any atom is 0.253 e. The molecule has 0 spiro atoms. The summed E-state index contributed by atoms with van der Waals surface area (Å²) < 4.78 is 27.5. The van der Waals surface area contributed by atoms with Crippen molar-refractivity contribution in [3.63, 3.8) is 0 Å². The van der Waals surface area contributed by atoms with Gasteiger partial charge in [-0.25, -0.2) is 8.42 Å². The fraction of sp³-hybridized carbons (Fsp3) is 0.440. The van der Waals surface area contributed by atoms with E-state index in [1.54, 1.807) is 21.3 Å². The number of nitrogens with one attached hydrogen (secondary N) is 1. The highest BCUT2D eigenvalue weighted by molar-refractivity contribution is 7.89. The van der Waals surface area contributed by atoms with Gasteiger partial charge in [-0.15, -0.1) is 0 Å². The Morgan fingerprint density at radius 1 is 0.788 bits per heavy atom. The van der Waals surface area contributed by atoms with Crippen molar-refractivity contribution in [1.82, 2.24) is 9.21 Å². The van der Waals surface area contributed by atoms with E-state index >= 15 is 0 Å². The predicted molar refractivity (Wildman–Crippen MR) is 127 cm³/mol. The van der Waals surface area contributed by atoms with Gasteiger partial charge in [0, 0.05) is 43.3 Å². The molecule has 2 saturated heterocycles. The van der Waals surface area contributed by atoms with E-state index in [0.717, 1.165) is 31.4 Å². The zero-order valence-corrected chi connectivity index (χ0v) is 19.6. The summed E-state index contributed by atoms with van der Waals surface area (Å²) in [4.78, 5) is 27.4. The Balaban J connectivity index is 1.34. The number of para-hydroxylation sites is 1. The van der Waals surface area contributed by atoms with Crippen LogP contribution in [0, 0.1) is 5.92 Å². The van der Waals surface area contributed by atoms with Crippen LogP contribution in [0.25, 0.3) is 0 Å². The SMILES string of the molecule is O=C(Nc1ccccc1)C1CCN(C(=O)c2ccc(S(=O)(=O)N3CCCCCC3)cc2)CC1. The Hall–Kier alpha value is -2.71. The smallest absolute Gasteiger partial charge is 0.253 e. The van der Waals surface area contributed by atoms with E-state index in [4.69, 9.17) is 0 Å². The lowest BCUT2D eigenvalue weighted by Gasteiger charge is -2.31. The molecule has 2 amide bonds. The Kier molecular flexibility index (Phi) is 7.45. The minimum Gasteiger partial charge on any atom is -0.339 e. The Labute approximate surface area is 195 Å². The zero-order chi connectivity index (χ0) is 23.3. The topological polar surface area (TPSA) is 86.8 Å². The number of anilines is 1. The molecule has 4 rings (SSSR count). The molecule has 0 radical (unpaired) electrons. The fourth-order valence-corrected chi connectivity index (χ4v) is 6.01. The number of piperidine rings is 1. The zero-order valence-electron chi connectivity index (χ0n) is 18.8. The van der Waals surface area contributed by atoms with Crippen LogP contribution in [0.5, 0.6) is 0 Å². The number of hydrogen-bond donors (Lipinski definition) is 1. The highest BCUT2D eigenvalue weighted by Gasteiger charge is 2.29. The molecule has 0 bridgehead atoms. The maximum absolute atomic E-state index is 12.9. The highest BCUT2D eigenvalue weighted by Crippen LogP contribution is 2.23. The first kappa shape index (κ1) is 23.4. The van der Waals surface area contributed by atoms with E-state index in [1.165, 1.54) is 12.1 Å². The predicted octanol–water partition coefficient (Wildman–Crippen LogP) is 3.74. The van der Waals surface area contributed by atoms with E-state index in [-0.39, 0.29) is 22.6 Å². The van der Waals surface area contributed by atoms with Crippen molar-refractivity contribution >= 4 is 27.5 Å². The summed E-state index contributed by atoms with van der Waals surface area (Å²) in [6, 6.07) is 15.6. The third-order valence-electron chi connectivity index (χ3n) is 6.50. The van der Waals surface area contributed by atoms with Crippen molar-refractivity contribution in [1.29, 1.82) is 0 Å². The molecule has 176 valence electrons. The average molecular weight is 470 g/mol. The first-order valence-corrected chi connectivity index (χ1v) is 13.1. The monoisotopic (exact) mass is 469 g/mol. The van der Waals surface area contributed by atoms with Gasteiger partial charge in [0.15, 0.2) is 0 Å². The van der Waals surface area contributed by atoms with Gasteiger partial charge in [-0.1, -0.05) is 31.0 Å². The molecule has 0 unspecified atom stereocenters. The molecular formula is C25H31N3O4S. The van der Waals surface area contributed by atoms with Crippen molar-refractivity contribution < 1.29 is 18.0 Å². The molecule has 0 aromatic heterocycles. The molecule has 0 saturated carbocycles. The van der Waals surface area contributed by atoms with Crippen LogP contribution >= 0.6 is 0 Å². The van der Waals surface area contributed by atoms with Crippen LogP contribution in [-0.4, -0.2) is 55.6 Å². The second kappa shape index (κ2) is 10.5. The molecule has 2 aromatic rings. The lowest BCUT2D eigenvalue weighted by molar-refractivity contribution is -0.121. The molecule has 0 aliphatic carbocycles. The number of likely N-dealkylation sites (tertiary alicyclic amines) is 1. The number of benzene rings is 2. The maximum atomic E-state index is 12.9. The summed E-state index contributed by atoms with van der Waals surface area (Å²) in [5.74, 6) is -0.276. The van der Waals surface area contributed by atoms with Crippen LogP contribution in [0.3, 0.4) is 0 Å². The molecule has 7 nitrogen and oxygen atoms in total. The Bertz CT molecular complexity index is 1050. The van der Waals surface area contributed by atoms with Gasteiger partial charge < -0.3 is 10.2 Å². The second-order valence-electron chi connectivity index (χ2n) is 8.76. The van der Waals surface area contributed by atoms with Gasteiger partial charge in [-0.05, 0) is 62.1 Å². The van der Waals surface area contributed by atoms with Crippen molar-refractivity contribution in [3.8, 4) is 0 Å². The molecule has 2 heterocycles. The molecule has 8 heteroatoms. The molecule has 33 heavy (non-hydrogen) atoms. The molecule has 1 N–H and O–H groups in total. The quantitative estimate of drug-likeness (QED) is 0.723. The van der Waals surface area contributed by atoms with E-state index in [2.05, 4.69) is 5.32 Å². The molecule has 2 aliphatic rings. The summed E-state index contributed by atoms with van der Waals surface area (Å²) in [6.07, 6.45) is 5.09. The summed E-state index contributed by atoms with van der Waals surface area (Å²) in [6.45, 7) is 2.10. The number of hydrogen-bond acceptors (Lipinski definition) is 4. The number of sulfonamides is 1. The van der Waals surface area contributed by atoms with Crippen LogP contribution in [-0.2, 0) is 14.8 Å². The normalized spacial score (nSPS) is 18.5. The summed E-state index contributed by atoms with van der Waals surface area (Å²) in [5.41, 5.74) is 1.24. The minimum atomic E-state index is -3.53.